The predicted octanol–water partition coefficient (Wildman–Crippen LogP) is 4.87. The lowest BCUT2D eigenvalue weighted by Gasteiger charge is -2.18. The van der Waals surface area contributed by atoms with Gasteiger partial charge in [0.15, 0.2) is 0 Å². The van der Waals surface area contributed by atoms with Crippen LogP contribution in [0.2, 0.25) is 0 Å². The number of ether oxygens (including phenoxy) is 2. The Morgan fingerprint density at radius 3 is 1.89 bits per heavy atom. The number of aryl methyl sites for hydroxylation is 2. The topological polar surface area (TPSA) is 65.5 Å². The normalized spacial score (nSPS) is 10.7. The lowest BCUT2D eigenvalue weighted by molar-refractivity contribution is 0.0525. The van der Waals surface area contributed by atoms with Crippen molar-refractivity contribution in [3.8, 4) is 11.1 Å². The second-order valence-corrected chi connectivity index (χ2v) is 6.41. The highest BCUT2D eigenvalue weighted by atomic mass is 16.5. The van der Waals surface area contributed by atoms with Crippen LogP contribution in [0.5, 0.6) is 0 Å². The van der Waals surface area contributed by atoms with Gasteiger partial charge in [-0.05, 0) is 50.1 Å². The van der Waals surface area contributed by atoms with Crippen LogP contribution in [0.1, 0.15) is 46.0 Å². The average molecular weight is 377 g/mol. The number of hydrogen-bond acceptors (Lipinski definition) is 5. The average Bonchev–Trinajstić information content (AvgIpc) is 2.67. The van der Waals surface area contributed by atoms with Crippen LogP contribution in [0.3, 0.4) is 0 Å². The van der Waals surface area contributed by atoms with Gasteiger partial charge in [-0.3, -0.25) is 4.98 Å². The van der Waals surface area contributed by atoms with E-state index in [1.165, 1.54) is 0 Å². The third kappa shape index (κ3) is 3.60. The Hall–Kier alpha value is -3.21. The fourth-order valence-corrected chi connectivity index (χ4v) is 3.39. The first kappa shape index (κ1) is 19.5. The summed E-state index contributed by atoms with van der Waals surface area (Å²) in [6.07, 6.45) is 0. The fourth-order valence-electron chi connectivity index (χ4n) is 3.39. The van der Waals surface area contributed by atoms with E-state index >= 15 is 0 Å². The summed E-state index contributed by atoms with van der Waals surface area (Å²) in [5.41, 5.74) is 2.89. The maximum Gasteiger partial charge on any atom is 0.340 e. The van der Waals surface area contributed by atoms with Gasteiger partial charge in [0.2, 0.25) is 0 Å². The molecule has 0 saturated carbocycles. The van der Waals surface area contributed by atoms with Gasteiger partial charge in [-0.25, -0.2) is 9.59 Å². The first-order valence-corrected chi connectivity index (χ1v) is 9.32. The summed E-state index contributed by atoms with van der Waals surface area (Å²) >= 11 is 0. The number of fused-ring (bicyclic) bond motifs is 1. The summed E-state index contributed by atoms with van der Waals surface area (Å²) < 4.78 is 10.5. The van der Waals surface area contributed by atoms with E-state index in [9.17, 15) is 9.59 Å². The molecule has 0 saturated heterocycles. The molecule has 1 aromatic heterocycles. The quantitative estimate of drug-likeness (QED) is 0.593. The molecule has 28 heavy (non-hydrogen) atoms. The number of hydrogen-bond donors (Lipinski definition) is 0. The Morgan fingerprint density at radius 2 is 1.36 bits per heavy atom. The molecule has 0 radical (unpaired) electrons. The van der Waals surface area contributed by atoms with Crippen LogP contribution < -0.4 is 0 Å². The van der Waals surface area contributed by atoms with Crippen molar-refractivity contribution >= 4 is 22.7 Å². The summed E-state index contributed by atoms with van der Waals surface area (Å²) in [6, 6.07) is 13.8. The lowest BCUT2D eigenvalue weighted by atomic mass is 9.91. The number of nitrogens with zero attached hydrogens (tertiary/aromatic N) is 1. The Balaban J connectivity index is 2.36. The van der Waals surface area contributed by atoms with Crippen molar-refractivity contribution in [2.24, 2.45) is 0 Å². The number of carbonyl (C=O) groups excluding carboxylic acids is 2. The minimum atomic E-state index is -0.499. The monoisotopic (exact) mass is 377 g/mol. The molecule has 0 N–H and O–H groups in total. The standard InChI is InChI=1S/C23H23NO4/c1-5-27-22(25)19-14(3)24-15(4)20(23(26)28-6-2)21(19)18-12-11-16-9-7-8-10-17(16)13-18/h7-13H,5-6H2,1-4H3. The molecule has 0 aliphatic heterocycles. The zero-order valence-corrected chi connectivity index (χ0v) is 16.5. The van der Waals surface area contributed by atoms with Crippen molar-refractivity contribution in [3.05, 3.63) is 65.0 Å². The molecule has 0 spiro atoms. The zero-order chi connectivity index (χ0) is 20.3. The predicted molar refractivity (Wildman–Crippen MR) is 109 cm³/mol. The smallest absolute Gasteiger partial charge is 0.340 e. The van der Waals surface area contributed by atoms with Crippen LogP contribution in [0.25, 0.3) is 21.9 Å². The van der Waals surface area contributed by atoms with E-state index in [2.05, 4.69) is 4.98 Å². The number of esters is 2. The van der Waals surface area contributed by atoms with Gasteiger partial charge in [0.25, 0.3) is 0 Å². The van der Waals surface area contributed by atoms with E-state index in [-0.39, 0.29) is 13.2 Å². The third-order valence-corrected chi connectivity index (χ3v) is 4.56. The van der Waals surface area contributed by atoms with Crippen LogP contribution in [-0.4, -0.2) is 30.1 Å². The van der Waals surface area contributed by atoms with Gasteiger partial charge < -0.3 is 9.47 Å². The highest BCUT2D eigenvalue weighted by Gasteiger charge is 2.27. The first-order chi connectivity index (χ1) is 13.5. The molecular formula is C23H23NO4. The summed E-state index contributed by atoms with van der Waals surface area (Å²) in [4.78, 5) is 29.9. The van der Waals surface area contributed by atoms with Crippen molar-refractivity contribution in [3.63, 3.8) is 0 Å². The van der Waals surface area contributed by atoms with Crippen molar-refractivity contribution in [1.29, 1.82) is 0 Å². The molecule has 0 amide bonds. The van der Waals surface area contributed by atoms with Crippen molar-refractivity contribution < 1.29 is 19.1 Å². The van der Waals surface area contributed by atoms with Crippen molar-refractivity contribution in [2.75, 3.05) is 13.2 Å². The molecule has 0 aliphatic carbocycles. The molecule has 2 aromatic carbocycles. The van der Waals surface area contributed by atoms with E-state index in [0.717, 1.165) is 16.3 Å². The minimum Gasteiger partial charge on any atom is -0.462 e. The van der Waals surface area contributed by atoms with E-state index in [1.54, 1.807) is 27.7 Å². The van der Waals surface area contributed by atoms with Crippen molar-refractivity contribution in [2.45, 2.75) is 27.7 Å². The van der Waals surface area contributed by atoms with Crippen LogP contribution in [0.4, 0.5) is 0 Å². The van der Waals surface area contributed by atoms with Crippen LogP contribution in [-0.2, 0) is 9.47 Å². The third-order valence-electron chi connectivity index (χ3n) is 4.56. The van der Waals surface area contributed by atoms with Gasteiger partial charge in [-0.2, -0.15) is 0 Å². The second kappa shape index (κ2) is 8.21. The molecule has 5 nitrogen and oxygen atoms in total. The van der Waals surface area contributed by atoms with E-state index in [4.69, 9.17) is 9.47 Å². The molecule has 3 rings (SSSR count). The molecule has 0 unspecified atom stereocenters. The largest absolute Gasteiger partial charge is 0.462 e. The Morgan fingerprint density at radius 1 is 0.821 bits per heavy atom. The Bertz CT molecular complexity index is 1010. The van der Waals surface area contributed by atoms with Crippen LogP contribution in [0.15, 0.2) is 42.5 Å². The number of aromatic nitrogens is 1. The van der Waals surface area contributed by atoms with E-state index in [1.807, 2.05) is 42.5 Å². The fraction of sp³-hybridized carbons (Fsp3) is 0.261. The van der Waals surface area contributed by atoms with Gasteiger partial charge >= 0.3 is 11.9 Å². The Labute approximate surface area is 164 Å². The molecular weight excluding hydrogens is 354 g/mol. The highest BCUT2D eigenvalue weighted by molar-refractivity contribution is 6.08. The van der Waals surface area contributed by atoms with Crippen molar-refractivity contribution in [1.82, 2.24) is 4.98 Å². The molecule has 144 valence electrons. The summed E-state index contributed by atoms with van der Waals surface area (Å²) in [5.74, 6) is -0.998. The lowest BCUT2D eigenvalue weighted by Crippen LogP contribution is -2.17. The molecule has 0 fully saturated rings. The molecule has 0 aliphatic rings. The minimum absolute atomic E-state index is 0.234. The van der Waals surface area contributed by atoms with Gasteiger partial charge in [-0.15, -0.1) is 0 Å². The summed E-state index contributed by atoms with van der Waals surface area (Å²) in [5, 5.41) is 2.08. The van der Waals surface area contributed by atoms with E-state index in [0.29, 0.717) is 28.1 Å². The van der Waals surface area contributed by atoms with Gasteiger partial charge in [0, 0.05) is 5.56 Å². The number of benzene rings is 2. The zero-order valence-electron chi connectivity index (χ0n) is 16.5. The number of carbonyl (C=O) groups is 2. The molecule has 0 atom stereocenters. The summed E-state index contributed by atoms with van der Waals surface area (Å²) in [6.45, 7) is 7.46. The number of rotatable bonds is 5. The number of pyridine rings is 1. The summed E-state index contributed by atoms with van der Waals surface area (Å²) in [7, 11) is 0. The highest BCUT2D eigenvalue weighted by Crippen LogP contribution is 2.34. The molecule has 1 heterocycles. The maximum atomic E-state index is 12.8. The molecule has 5 heteroatoms. The SMILES string of the molecule is CCOC(=O)c1c(C)nc(C)c(C(=O)OCC)c1-c1ccc2ccccc2c1. The van der Waals surface area contributed by atoms with Gasteiger partial charge in [-0.1, -0.05) is 36.4 Å². The van der Waals surface area contributed by atoms with Crippen LogP contribution >= 0.6 is 0 Å². The second-order valence-electron chi connectivity index (χ2n) is 6.41. The first-order valence-electron chi connectivity index (χ1n) is 9.32. The van der Waals surface area contributed by atoms with E-state index < -0.39 is 11.9 Å². The van der Waals surface area contributed by atoms with Gasteiger partial charge in [0.1, 0.15) is 0 Å². The van der Waals surface area contributed by atoms with Crippen LogP contribution in [0, 0.1) is 13.8 Å². The molecule has 0 bridgehead atoms. The Kier molecular flexibility index (Phi) is 5.73. The molecule has 3 aromatic rings. The maximum absolute atomic E-state index is 12.8. The van der Waals surface area contributed by atoms with Gasteiger partial charge in [0.05, 0.1) is 35.7 Å².